The monoisotopic (exact) mass is 293 g/mol. The molecule has 0 amide bonds. The fourth-order valence-electron chi connectivity index (χ4n) is 2.58. The average Bonchev–Trinajstić information content (AvgIpc) is 2.52. The first-order chi connectivity index (χ1) is 10.7. The lowest BCUT2D eigenvalue weighted by molar-refractivity contribution is 0.965. The van der Waals surface area contributed by atoms with Crippen LogP contribution in [0.5, 0.6) is 0 Å². The van der Waals surface area contributed by atoms with Gasteiger partial charge in [0.15, 0.2) is 0 Å². The second kappa shape index (κ2) is 6.43. The highest BCUT2D eigenvalue weighted by molar-refractivity contribution is 5.53. The molecular formula is C18H19N3O. The van der Waals surface area contributed by atoms with Crippen LogP contribution in [-0.2, 0) is 6.54 Å². The summed E-state index contributed by atoms with van der Waals surface area (Å²) in [6.45, 7) is 2.70. The zero-order valence-electron chi connectivity index (χ0n) is 12.6. The van der Waals surface area contributed by atoms with E-state index in [1.165, 1.54) is 5.57 Å². The van der Waals surface area contributed by atoms with Gasteiger partial charge < -0.3 is 10.3 Å². The Morgan fingerprint density at radius 3 is 2.91 bits per heavy atom. The Labute approximate surface area is 128 Å². The molecule has 0 saturated carbocycles. The number of aromatic nitrogens is 2. The predicted molar refractivity (Wildman–Crippen MR) is 89.8 cm³/mol. The Morgan fingerprint density at radius 1 is 1.27 bits per heavy atom. The quantitative estimate of drug-likeness (QED) is 0.905. The van der Waals surface area contributed by atoms with Gasteiger partial charge in [0.25, 0.3) is 0 Å². The first-order valence-corrected chi connectivity index (χ1v) is 7.49. The summed E-state index contributed by atoms with van der Waals surface area (Å²) in [5.41, 5.74) is 2.02. The van der Waals surface area contributed by atoms with Gasteiger partial charge in [-0.3, -0.25) is 0 Å². The maximum atomic E-state index is 11.9. The third kappa shape index (κ3) is 3.17. The SMILES string of the molecule is CC1=c2[nH]c(=O)nc(NCc3ccccc3)c2=CC=CCC1. The van der Waals surface area contributed by atoms with Crippen molar-refractivity contribution in [1.29, 1.82) is 0 Å². The van der Waals surface area contributed by atoms with Gasteiger partial charge in [-0.1, -0.05) is 42.5 Å². The molecule has 0 fully saturated rings. The standard InChI is InChI=1S/C18H19N3O/c1-13-8-4-2-7-11-15-16(13)20-18(22)21-17(15)19-12-14-9-5-3-6-10-14/h2-3,5-7,9-11H,4,8,12H2,1H3,(H2,19,20,21,22). The van der Waals surface area contributed by atoms with Gasteiger partial charge in [-0.25, -0.2) is 4.79 Å². The van der Waals surface area contributed by atoms with E-state index < -0.39 is 0 Å². The second-order valence-corrected chi connectivity index (χ2v) is 5.43. The van der Waals surface area contributed by atoms with Crippen LogP contribution in [0.3, 0.4) is 0 Å². The third-order valence-corrected chi connectivity index (χ3v) is 3.78. The Balaban J connectivity index is 2.06. The number of fused-ring (bicyclic) bond motifs is 1. The van der Waals surface area contributed by atoms with Crippen molar-refractivity contribution >= 4 is 17.5 Å². The van der Waals surface area contributed by atoms with Crippen LogP contribution in [0.25, 0.3) is 11.6 Å². The summed E-state index contributed by atoms with van der Waals surface area (Å²) < 4.78 is 0. The van der Waals surface area contributed by atoms with Crippen LogP contribution in [0.1, 0.15) is 25.3 Å². The number of hydrogen-bond acceptors (Lipinski definition) is 3. The topological polar surface area (TPSA) is 57.8 Å². The maximum absolute atomic E-state index is 11.9. The zero-order valence-corrected chi connectivity index (χ0v) is 12.6. The Kier molecular flexibility index (Phi) is 4.19. The molecule has 1 aliphatic carbocycles. The summed E-state index contributed by atoms with van der Waals surface area (Å²) in [6.07, 6.45) is 8.10. The number of nitrogens with zero attached hydrogens (tertiary/aromatic N) is 1. The summed E-state index contributed by atoms with van der Waals surface area (Å²) in [5, 5.41) is 5.13. The van der Waals surface area contributed by atoms with Crippen LogP contribution in [0, 0.1) is 0 Å². The minimum absolute atomic E-state index is 0.313. The van der Waals surface area contributed by atoms with E-state index in [9.17, 15) is 4.79 Å². The summed E-state index contributed by atoms with van der Waals surface area (Å²) in [4.78, 5) is 18.8. The molecule has 112 valence electrons. The molecule has 0 saturated heterocycles. The highest BCUT2D eigenvalue weighted by Gasteiger charge is 2.05. The van der Waals surface area contributed by atoms with E-state index in [-0.39, 0.29) is 5.69 Å². The second-order valence-electron chi connectivity index (χ2n) is 5.43. The Morgan fingerprint density at radius 2 is 2.09 bits per heavy atom. The smallest absolute Gasteiger partial charge is 0.347 e. The predicted octanol–water partition coefficient (Wildman–Crippen LogP) is 1.68. The van der Waals surface area contributed by atoms with Gasteiger partial charge in [0.2, 0.25) is 0 Å². The molecular weight excluding hydrogens is 274 g/mol. The minimum Gasteiger partial charge on any atom is -0.365 e. The molecule has 1 aromatic heterocycles. The van der Waals surface area contributed by atoms with Crippen molar-refractivity contribution in [2.75, 3.05) is 5.32 Å². The number of aromatic amines is 1. The van der Waals surface area contributed by atoms with Crippen molar-refractivity contribution in [3.8, 4) is 0 Å². The number of benzene rings is 1. The first-order valence-electron chi connectivity index (χ1n) is 7.49. The van der Waals surface area contributed by atoms with E-state index in [0.717, 1.165) is 29.0 Å². The fraction of sp³-hybridized carbons (Fsp3) is 0.222. The summed E-state index contributed by atoms with van der Waals surface area (Å²) >= 11 is 0. The van der Waals surface area contributed by atoms with Crippen molar-refractivity contribution in [2.45, 2.75) is 26.3 Å². The zero-order chi connectivity index (χ0) is 15.4. The lowest BCUT2D eigenvalue weighted by atomic mass is 10.1. The van der Waals surface area contributed by atoms with E-state index >= 15 is 0 Å². The van der Waals surface area contributed by atoms with E-state index in [0.29, 0.717) is 12.4 Å². The van der Waals surface area contributed by atoms with Crippen molar-refractivity contribution < 1.29 is 0 Å². The van der Waals surface area contributed by atoms with Crippen molar-refractivity contribution in [3.05, 3.63) is 69.1 Å². The lowest BCUT2D eigenvalue weighted by Gasteiger charge is -2.09. The fourth-order valence-corrected chi connectivity index (χ4v) is 2.58. The Hall–Kier alpha value is -2.62. The molecule has 22 heavy (non-hydrogen) atoms. The third-order valence-electron chi connectivity index (χ3n) is 3.78. The molecule has 0 unspecified atom stereocenters. The highest BCUT2D eigenvalue weighted by Crippen LogP contribution is 2.05. The van der Waals surface area contributed by atoms with Crippen LogP contribution >= 0.6 is 0 Å². The van der Waals surface area contributed by atoms with Crippen LogP contribution in [-0.4, -0.2) is 9.97 Å². The van der Waals surface area contributed by atoms with E-state index in [2.05, 4.69) is 28.3 Å². The normalized spacial score (nSPS) is 13.8. The largest absolute Gasteiger partial charge is 0.365 e. The molecule has 1 aliphatic rings. The van der Waals surface area contributed by atoms with Gasteiger partial charge in [-0.05, 0) is 37.0 Å². The number of nitrogens with one attached hydrogen (secondary N) is 2. The molecule has 2 aromatic rings. The van der Waals surface area contributed by atoms with Gasteiger partial charge in [0.1, 0.15) is 5.82 Å². The lowest BCUT2D eigenvalue weighted by Crippen LogP contribution is -2.40. The highest BCUT2D eigenvalue weighted by atomic mass is 16.1. The first kappa shape index (κ1) is 14.3. The number of rotatable bonds is 3. The summed E-state index contributed by atoms with van der Waals surface area (Å²) in [7, 11) is 0. The molecule has 4 heteroatoms. The van der Waals surface area contributed by atoms with Crippen LogP contribution in [0.2, 0.25) is 0 Å². The number of anilines is 1. The molecule has 0 aliphatic heterocycles. The molecule has 0 spiro atoms. The van der Waals surface area contributed by atoms with Gasteiger partial charge in [0, 0.05) is 11.8 Å². The Bertz CT molecular complexity index is 863. The molecule has 0 bridgehead atoms. The van der Waals surface area contributed by atoms with Crippen LogP contribution < -0.4 is 21.6 Å². The summed E-state index contributed by atoms with van der Waals surface area (Å²) in [5.74, 6) is 0.633. The minimum atomic E-state index is -0.313. The van der Waals surface area contributed by atoms with Crippen molar-refractivity contribution in [3.63, 3.8) is 0 Å². The van der Waals surface area contributed by atoms with E-state index in [4.69, 9.17) is 0 Å². The van der Waals surface area contributed by atoms with Crippen molar-refractivity contribution in [1.82, 2.24) is 9.97 Å². The van der Waals surface area contributed by atoms with Crippen LogP contribution in [0.4, 0.5) is 5.82 Å². The average molecular weight is 293 g/mol. The molecule has 3 rings (SSSR count). The van der Waals surface area contributed by atoms with E-state index in [1.54, 1.807) is 0 Å². The van der Waals surface area contributed by atoms with E-state index in [1.807, 2.05) is 42.5 Å². The molecule has 0 atom stereocenters. The molecule has 4 nitrogen and oxygen atoms in total. The van der Waals surface area contributed by atoms with Gasteiger partial charge in [-0.15, -0.1) is 0 Å². The van der Waals surface area contributed by atoms with Gasteiger partial charge >= 0.3 is 5.69 Å². The van der Waals surface area contributed by atoms with Gasteiger partial charge in [-0.2, -0.15) is 4.98 Å². The molecule has 0 radical (unpaired) electrons. The number of allylic oxidation sites excluding steroid dienone is 2. The summed E-state index contributed by atoms with van der Waals surface area (Å²) in [6, 6.07) is 10.1. The molecule has 1 heterocycles. The number of H-pyrrole nitrogens is 1. The van der Waals surface area contributed by atoms with Crippen LogP contribution in [0.15, 0.2) is 47.3 Å². The molecule has 2 N–H and O–H groups in total. The molecule has 1 aromatic carbocycles. The maximum Gasteiger partial charge on any atom is 0.347 e. The van der Waals surface area contributed by atoms with Crippen molar-refractivity contribution in [2.24, 2.45) is 0 Å². The van der Waals surface area contributed by atoms with Gasteiger partial charge in [0.05, 0.1) is 5.35 Å². The number of hydrogen-bond donors (Lipinski definition) is 2.